The summed E-state index contributed by atoms with van der Waals surface area (Å²) in [5.74, 6) is 0.688. The second-order valence-corrected chi connectivity index (χ2v) is 3.98. The number of nitrogens with two attached hydrogens (primary N) is 1. The molecule has 0 fully saturated rings. The molecule has 0 aromatic carbocycles. The average molecular weight is 237 g/mol. The summed E-state index contributed by atoms with van der Waals surface area (Å²) in [5.41, 5.74) is 5.59. The zero-order chi connectivity index (χ0) is 12.7. The van der Waals surface area contributed by atoms with E-state index in [-0.39, 0.29) is 11.2 Å². The fourth-order valence-corrected chi connectivity index (χ4v) is 1.87. The highest BCUT2D eigenvalue weighted by molar-refractivity contribution is 5.70. The lowest BCUT2D eigenvalue weighted by atomic mass is 10.5. The first-order chi connectivity index (χ1) is 7.99. The van der Waals surface area contributed by atoms with Gasteiger partial charge in [-0.25, -0.2) is 9.78 Å². The molecule has 92 valence electrons. The minimum absolute atomic E-state index is 0.322. The third-order valence-corrected chi connectivity index (χ3v) is 2.93. The third kappa shape index (κ3) is 1.50. The number of fused-ring (bicyclic) bond motifs is 1. The number of aryl methyl sites for hydroxylation is 2. The fourth-order valence-electron chi connectivity index (χ4n) is 1.87. The molecule has 7 nitrogen and oxygen atoms in total. The van der Waals surface area contributed by atoms with Crippen molar-refractivity contribution in [1.29, 1.82) is 0 Å². The number of imidazole rings is 1. The largest absolute Gasteiger partial charge is 0.332 e. The topological polar surface area (TPSA) is 87.8 Å². The fraction of sp³-hybridized carbons (Fsp3) is 0.500. The molecular weight excluding hydrogens is 222 g/mol. The predicted octanol–water partition coefficient (Wildman–Crippen LogP) is -1.30. The first-order valence-electron chi connectivity index (χ1n) is 5.32. The Morgan fingerprint density at radius 2 is 1.88 bits per heavy atom. The monoisotopic (exact) mass is 237 g/mol. The van der Waals surface area contributed by atoms with Crippen molar-refractivity contribution in [3.05, 3.63) is 26.7 Å². The van der Waals surface area contributed by atoms with Crippen LogP contribution in [0.25, 0.3) is 11.2 Å². The lowest BCUT2D eigenvalue weighted by Crippen LogP contribution is -2.39. The molecule has 2 N–H and O–H groups in total. The molecule has 2 heterocycles. The van der Waals surface area contributed by atoms with Crippen molar-refractivity contribution in [3.8, 4) is 0 Å². The quantitative estimate of drug-likeness (QED) is 0.703. The van der Waals surface area contributed by atoms with Crippen LogP contribution in [-0.2, 0) is 20.6 Å². The summed E-state index contributed by atoms with van der Waals surface area (Å²) in [6, 6.07) is 0. The maximum Gasteiger partial charge on any atom is 0.332 e. The van der Waals surface area contributed by atoms with Crippen LogP contribution in [0.1, 0.15) is 5.82 Å². The molecule has 0 saturated heterocycles. The zero-order valence-corrected chi connectivity index (χ0v) is 10.1. The van der Waals surface area contributed by atoms with Gasteiger partial charge in [-0.2, -0.15) is 0 Å². The first kappa shape index (κ1) is 11.6. The normalized spacial score (nSPS) is 11.3. The van der Waals surface area contributed by atoms with Gasteiger partial charge in [-0.15, -0.1) is 0 Å². The van der Waals surface area contributed by atoms with Crippen LogP contribution in [0.15, 0.2) is 9.59 Å². The molecule has 0 spiro atoms. The predicted molar refractivity (Wildman–Crippen MR) is 64.0 cm³/mol. The van der Waals surface area contributed by atoms with Crippen LogP contribution in [0.5, 0.6) is 0 Å². The molecule has 0 saturated carbocycles. The van der Waals surface area contributed by atoms with E-state index in [2.05, 4.69) is 4.98 Å². The van der Waals surface area contributed by atoms with E-state index in [1.54, 1.807) is 18.5 Å². The molecule has 2 aromatic rings. The first-order valence-corrected chi connectivity index (χ1v) is 5.32. The summed E-state index contributed by atoms with van der Waals surface area (Å²) < 4.78 is 4.20. The van der Waals surface area contributed by atoms with Gasteiger partial charge in [0, 0.05) is 27.2 Å². The van der Waals surface area contributed by atoms with Crippen molar-refractivity contribution in [3.63, 3.8) is 0 Å². The molecule has 17 heavy (non-hydrogen) atoms. The number of hydrogen-bond donors (Lipinski definition) is 1. The second-order valence-electron chi connectivity index (χ2n) is 3.98. The van der Waals surface area contributed by atoms with E-state index < -0.39 is 0 Å². The van der Waals surface area contributed by atoms with Crippen LogP contribution in [0.2, 0.25) is 0 Å². The molecule has 0 aliphatic carbocycles. The Labute approximate surface area is 97.1 Å². The maximum absolute atomic E-state index is 12.0. The minimum atomic E-state index is -0.383. The maximum atomic E-state index is 12.0. The molecule has 0 unspecified atom stereocenters. The van der Waals surface area contributed by atoms with Gasteiger partial charge in [0.15, 0.2) is 11.2 Å². The molecular formula is C10H15N5O2. The summed E-state index contributed by atoms with van der Waals surface area (Å²) >= 11 is 0. The molecule has 0 amide bonds. The van der Waals surface area contributed by atoms with Gasteiger partial charge >= 0.3 is 5.69 Å². The van der Waals surface area contributed by atoms with Crippen LogP contribution < -0.4 is 17.0 Å². The van der Waals surface area contributed by atoms with Crippen molar-refractivity contribution < 1.29 is 0 Å². The van der Waals surface area contributed by atoms with Crippen LogP contribution in [-0.4, -0.2) is 25.2 Å². The lowest BCUT2D eigenvalue weighted by molar-refractivity contribution is 0.627. The molecule has 0 atom stereocenters. The van der Waals surface area contributed by atoms with Crippen molar-refractivity contribution in [2.45, 2.75) is 13.5 Å². The van der Waals surface area contributed by atoms with Crippen molar-refractivity contribution >= 4 is 11.2 Å². The molecule has 0 aliphatic heterocycles. The van der Waals surface area contributed by atoms with Gasteiger partial charge < -0.3 is 10.3 Å². The molecule has 0 aliphatic rings. The van der Waals surface area contributed by atoms with Gasteiger partial charge in [-0.05, 0) is 6.92 Å². The van der Waals surface area contributed by atoms with Gasteiger partial charge in [0.25, 0.3) is 5.56 Å². The van der Waals surface area contributed by atoms with E-state index in [9.17, 15) is 9.59 Å². The SMILES string of the molecule is Cc1nc2c(c(=O)n(C)c(=O)n2CCN)n1C. The van der Waals surface area contributed by atoms with E-state index in [0.29, 0.717) is 30.1 Å². The molecule has 0 radical (unpaired) electrons. The summed E-state index contributed by atoms with van der Waals surface area (Å²) in [6.45, 7) is 2.46. The standard InChI is InChI=1S/C10H15N5O2/c1-6-12-8-7(13(6)2)9(16)14(3)10(17)15(8)5-4-11/h4-5,11H2,1-3H3. The van der Waals surface area contributed by atoms with E-state index in [4.69, 9.17) is 5.73 Å². The molecule has 2 aromatic heterocycles. The van der Waals surface area contributed by atoms with Gasteiger partial charge in [0.05, 0.1) is 0 Å². The number of aromatic nitrogens is 4. The smallest absolute Gasteiger partial charge is 0.329 e. The van der Waals surface area contributed by atoms with Gasteiger partial charge in [-0.1, -0.05) is 0 Å². The molecule has 2 rings (SSSR count). The van der Waals surface area contributed by atoms with E-state index in [1.807, 2.05) is 0 Å². The summed E-state index contributed by atoms with van der Waals surface area (Å²) in [4.78, 5) is 28.2. The van der Waals surface area contributed by atoms with Crippen LogP contribution in [0.4, 0.5) is 0 Å². The van der Waals surface area contributed by atoms with Gasteiger partial charge in [-0.3, -0.25) is 13.9 Å². The highest BCUT2D eigenvalue weighted by Crippen LogP contribution is 2.08. The highest BCUT2D eigenvalue weighted by Gasteiger charge is 2.16. The summed E-state index contributed by atoms with van der Waals surface area (Å²) in [5, 5.41) is 0. The van der Waals surface area contributed by atoms with Gasteiger partial charge in [0.2, 0.25) is 0 Å². The van der Waals surface area contributed by atoms with Crippen molar-refractivity contribution in [1.82, 2.24) is 18.7 Å². The Morgan fingerprint density at radius 1 is 1.24 bits per heavy atom. The highest BCUT2D eigenvalue weighted by atomic mass is 16.2. The Hall–Kier alpha value is -1.89. The molecule has 7 heteroatoms. The van der Waals surface area contributed by atoms with Crippen LogP contribution in [0.3, 0.4) is 0 Å². The Bertz CT molecular complexity index is 691. The number of hydrogen-bond acceptors (Lipinski definition) is 4. The summed E-state index contributed by atoms with van der Waals surface area (Å²) in [6.07, 6.45) is 0. The Morgan fingerprint density at radius 3 is 2.47 bits per heavy atom. The minimum Gasteiger partial charge on any atom is -0.329 e. The van der Waals surface area contributed by atoms with E-state index in [1.165, 1.54) is 11.6 Å². The van der Waals surface area contributed by atoms with Crippen LogP contribution >= 0.6 is 0 Å². The molecule has 0 bridgehead atoms. The van der Waals surface area contributed by atoms with Crippen molar-refractivity contribution in [2.24, 2.45) is 19.8 Å². The number of nitrogens with zero attached hydrogens (tertiary/aromatic N) is 4. The third-order valence-electron chi connectivity index (χ3n) is 2.93. The second kappa shape index (κ2) is 3.85. The zero-order valence-electron chi connectivity index (χ0n) is 10.1. The van der Waals surface area contributed by atoms with E-state index >= 15 is 0 Å². The Kier molecular flexibility index (Phi) is 2.62. The lowest BCUT2D eigenvalue weighted by Gasteiger charge is -2.07. The van der Waals surface area contributed by atoms with Crippen molar-refractivity contribution in [2.75, 3.05) is 6.54 Å². The summed E-state index contributed by atoms with van der Waals surface area (Å²) in [7, 11) is 3.21. The van der Waals surface area contributed by atoms with Crippen LogP contribution in [0, 0.1) is 6.92 Å². The Balaban J connectivity index is 3.04. The van der Waals surface area contributed by atoms with E-state index in [0.717, 1.165) is 4.57 Å². The average Bonchev–Trinajstić information content (AvgIpc) is 2.59. The van der Waals surface area contributed by atoms with Gasteiger partial charge in [0.1, 0.15) is 5.82 Å². The number of rotatable bonds is 2.